The van der Waals surface area contributed by atoms with Crippen LogP contribution in [-0.2, 0) is 4.79 Å². The first kappa shape index (κ1) is 20.6. The van der Waals surface area contributed by atoms with Crippen molar-refractivity contribution in [3.63, 3.8) is 0 Å². The number of carbonyl (C=O) groups excluding carboxylic acids is 1. The van der Waals surface area contributed by atoms with E-state index in [1.807, 2.05) is 58.0 Å². The molecule has 0 aliphatic heterocycles. The first-order chi connectivity index (χ1) is 12.8. The van der Waals surface area contributed by atoms with Crippen molar-refractivity contribution in [2.24, 2.45) is 0 Å². The van der Waals surface area contributed by atoms with Crippen LogP contribution in [0.4, 0.5) is 0 Å². The molecule has 2 atom stereocenters. The zero-order chi connectivity index (χ0) is 20.0. The van der Waals surface area contributed by atoms with Crippen LogP contribution in [0, 0.1) is 20.8 Å². The van der Waals surface area contributed by atoms with Crippen LogP contribution < -0.4 is 19.5 Å². The van der Waals surface area contributed by atoms with E-state index in [9.17, 15) is 4.79 Å². The van der Waals surface area contributed by atoms with Gasteiger partial charge >= 0.3 is 0 Å². The van der Waals surface area contributed by atoms with Crippen molar-refractivity contribution in [2.75, 3.05) is 13.7 Å². The van der Waals surface area contributed by atoms with E-state index in [1.54, 1.807) is 14.0 Å². The second-order valence-electron chi connectivity index (χ2n) is 6.86. The number of nitrogens with one attached hydrogen (secondary N) is 1. The standard InChI is InChI=1S/C22H29NO4/c1-14-11-15(2)17(4)21(12-14)27-18(5)22(24)23-16(3)13-26-20-9-7-19(25-6)8-10-20/h7-12,16,18H,13H2,1-6H3,(H,23,24). The Labute approximate surface area is 161 Å². The molecule has 146 valence electrons. The summed E-state index contributed by atoms with van der Waals surface area (Å²) in [5.41, 5.74) is 3.32. The highest BCUT2D eigenvalue weighted by atomic mass is 16.5. The topological polar surface area (TPSA) is 56.8 Å². The molecule has 0 spiro atoms. The first-order valence-corrected chi connectivity index (χ1v) is 9.12. The molecule has 0 aliphatic rings. The minimum absolute atomic E-state index is 0.147. The van der Waals surface area contributed by atoms with Crippen LogP contribution in [0.5, 0.6) is 17.2 Å². The van der Waals surface area contributed by atoms with Gasteiger partial charge in [-0.3, -0.25) is 4.79 Å². The summed E-state index contributed by atoms with van der Waals surface area (Å²) in [7, 11) is 1.62. The molecule has 1 N–H and O–H groups in total. The average molecular weight is 371 g/mol. The quantitative estimate of drug-likeness (QED) is 0.763. The third-order valence-electron chi connectivity index (χ3n) is 4.39. The van der Waals surface area contributed by atoms with E-state index in [0.717, 1.165) is 33.9 Å². The molecule has 0 bridgehead atoms. The van der Waals surface area contributed by atoms with E-state index >= 15 is 0 Å². The SMILES string of the molecule is COc1ccc(OCC(C)NC(=O)C(C)Oc2cc(C)cc(C)c2C)cc1. The Bertz CT molecular complexity index is 771. The summed E-state index contributed by atoms with van der Waals surface area (Å²) >= 11 is 0. The van der Waals surface area contributed by atoms with Gasteiger partial charge in [0.15, 0.2) is 6.10 Å². The molecule has 5 heteroatoms. The van der Waals surface area contributed by atoms with Crippen LogP contribution >= 0.6 is 0 Å². The lowest BCUT2D eigenvalue weighted by Gasteiger charge is -2.20. The summed E-state index contributed by atoms with van der Waals surface area (Å²) in [6, 6.07) is 11.3. The van der Waals surface area contributed by atoms with E-state index in [1.165, 1.54) is 0 Å². The van der Waals surface area contributed by atoms with E-state index < -0.39 is 6.10 Å². The van der Waals surface area contributed by atoms with Crippen LogP contribution in [0.3, 0.4) is 0 Å². The fourth-order valence-corrected chi connectivity index (χ4v) is 2.66. The number of rotatable bonds is 8. The van der Waals surface area contributed by atoms with E-state index in [0.29, 0.717) is 6.61 Å². The maximum Gasteiger partial charge on any atom is 0.261 e. The van der Waals surface area contributed by atoms with Gasteiger partial charge in [0.25, 0.3) is 5.91 Å². The van der Waals surface area contributed by atoms with Gasteiger partial charge in [0.05, 0.1) is 13.2 Å². The van der Waals surface area contributed by atoms with E-state index in [2.05, 4.69) is 11.4 Å². The normalized spacial score (nSPS) is 12.8. The van der Waals surface area contributed by atoms with E-state index in [-0.39, 0.29) is 11.9 Å². The van der Waals surface area contributed by atoms with Crippen LogP contribution in [0.15, 0.2) is 36.4 Å². The molecule has 0 saturated carbocycles. The molecular formula is C22H29NO4. The van der Waals surface area contributed by atoms with Crippen molar-refractivity contribution in [1.29, 1.82) is 0 Å². The summed E-state index contributed by atoms with van der Waals surface area (Å²) in [6.07, 6.45) is -0.590. The third kappa shape index (κ3) is 5.91. The molecule has 0 aromatic heterocycles. The predicted molar refractivity (Wildman–Crippen MR) is 107 cm³/mol. The number of aryl methyl sites for hydroxylation is 2. The molecule has 2 rings (SSSR count). The number of hydrogen-bond donors (Lipinski definition) is 1. The monoisotopic (exact) mass is 371 g/mol. The van der Waals surface area contributed by atoms with Crippen molar-refractivity contribution in [2.45, 2.75) is 46.8 Å². The maximum absolute atomic E-state index is 12.4. The zero-order valence-electron chi connectivity index (χ0n) is 17.0. The molecule has 2 unspecified atom stereocenters. The second-order valence-corrected chi connectivity index (χ2v) is 6.86. The van der Waals surface area contributed by atoms with Crippen LogP contribution in [0.25, 0.3) is 0 Å². The van der Waals surface area contributed by atoms with Gasteiger partial charge in [-0.15, -0.1) is 0 Å². The second kappa shape index (κ2) is 9.31. The summed E-state index contributed by atoms with van der Waals surface area (Å²) in [5, 5.41) is 2.93. The van der Waals surface area contributed by atoms with Gasteiger partial charge < -0.3 is 19.5 Å². The smallest absolute Gasteiger partial charge is 0.261 e. The third-order valence-corrected chi connectivity index (χ3v) is 4.39. The Morgan fingerprint density at radius 2 is 1.67 bits per heavy atom. The van der Waals surface area contributed by atoms with Gasteiger partial charge in [0.2, 0.25) is 0 Å². The Kier molecular flexibility index (Phi) is 7.11. The summed E-state index contributed by atoms with van der Waals surface area (Å²) in [4.78, 5) is 12.4. The lowest BCUT2D eigenvalue weighted by atomic mass is 10.1. The summed E-state index contributed by atoms with van der Waals surface area (Å²) in [5.74, 6) is 2.08. The average Bonchev–Trinajstić information content (AvgIpc) is 2.64. The Balaban J connectivity index is 1.86. The minimum atomic E-state index is -0.590. The Morgan fingerprint density at radius 1 is 1.04 bits per heavy atom. The number of hydrogen-bond acceptors (Lipinski definition) is 4. The lowest BCUT2D eigenvalue weighted by Crippen LogP contribution is -2.43. The molecule has 2 aromatic rings. The molecule has 0 saturated heterocycles. The fourth-order valence-electron chi connectivity index (χ4n) is 2.66. The van der Waals surface area contributed by atoms with Crippen molar-refractivity contribution in [3.05, 3.63) is 53.1 Å². The number of methoxy groups -OCH3 is 1. The Morgan fingerprint density at radius 3 is 2.30 bits per heavy atom. The molecule has 5 nitrogen and oxygen atoms in total. The van der Waals surface area contributed by atoms with Gasteiger partial charge in [-0.05, 0) is 81.6 Å². The molecule has 27 heavy (non-hydrogen) atoms. The van der Waals surface area contributed by atoms with Crippen molar-refractivity contribution in [3.8, 4) is 17.2 Å². The van der Waals surface area contributed by atoms with Gasteiger partial charge in [0, 0.05) is 0 Å². The first-order valence-electron chi connectivity index (χ1n) is 9.12. The molecule has 0 heterocycles. The van der Waals surface area contributed by atoms with Gasteiger partial charge in [0.1, 0.15) is 23.9 Å². The van der Waals surface area contributed by atoms with Crippen molar-refractivity contribution in [1.82, 2.24) is 5.32 Å². The number of carbonyl (C=O) groups is 1. The van der Waals surface area contributed by atoms with Crippen LogP contribution in [-0.4, -0.2) is 31.8 Å². The number of ether oxygens (including phenoxy) is 3. The molecule has 1 amide bonds. The molecular weight excluding hydrogens is 342 g/mol. The number of benzene rings is 2. The molecule has 0 radical (unpaired) electrons. The highest BCUT2D eigenvalue weighted by Gasteiger charge is 2.18. The summed E-state index contributed by atoms with van der Waals surface area (Å²) in [6.45, 7) is 10.1. The predicted octanol–water partition coefficient (Wildman–Crippen LogP) is 3.97. The van der Waals surface area contributed by atoms with Gasteiger partial charge in [-0.2, -0.15) is 0 Å². The van der Waals surface area contributed by atoms with Crippen LogP contribution in [0.1, 0.15) is 30.5 Å². The van der Waals surface area contributed by atoms with Crippen molar-refractivity contribution >= 4 is 5.91 Å². The zero-order valence-corrected chi connectivity index (χ0v) is 17.0. The largest absolute Gasteiger partial charge is 0.497 e. The fraction of sp³-hybridized carbons (Fsp3) is 0.409. The number of amides is 1. The molecule has 0 aliphatic carbocycles. The summed E-state index contributed by atoms with van der Waals surface area (Å²) < 4.78 is 16.7. The lowest BCUT2D eigenvalue weighted by molar-refractivity contribution is -0.128. The maximum atomic E-state index is 12.4. The molecule has 0 fully saturated rings. The van der Waals surface area contributed by atoms with Crippen LogP contribution in [0.2, 0.25) is 0 Å². The van der Waals surface area contributed by atoms with Gasteiger partial charge in [-0.25, -0.2) is 0 Å². The Hall–Kier alpha value is -2.69. The highest BCUT2D eigenvalue weighted by molar-refractivity contribution is 5.81. The highest BCUT2D eigenvalue weighted by Crippen LogP contribution is 2.24. The van der Waals surface area contributed by atoms with Gasteiger partial charge in [-0.1, -0.05) is 6.07 Å². The van der Waals surface area contributed by atoms with E-state index in [4.69, 9.17) is 14.2 Å². The molecule has 2 aromatic carbocycles. The minimum Gasteiger partial charge on any atom is -0.497 e. The van der Waals surface area contributed by atoms with Crippen molar-refractivity contribution < 1.29 is 19.0 Å².